The van der Waals surface area contributed by atoms with Gasteiger partial charge in [-0.3, -0.25) is 4.79 Å². The Morgan fingerprint density at radius 1 is 1.17 bits per heavy atom. The van der Waals surface area contributed by atoms with E-state index in [4.69, 9.17) is 22.1 Å². The van der Waals surface area contributed by atoms with E-state index in [-0.39, 0.29) is 17.9 Å². The van der Waals surface area contributed by atoms with Crippen LogP contribution in [-0.2, 0) is 10.2 Å². The zero-order valence-electron chi connectivity index (χ0n) is 13.5. The van der Waals surface area contributed by atoms with E-state index in [0.717, 1.165) is 0 Å². The first-order valence-electron chi connectivity index (χ1n) is 7.34. The Balaban J connectivity index is 1.91. The fourth-order valence-corrected chi connectivity index (χ4v) is 2.21. The Morgan fingerprint density at radius 2 is 1.83 bits per heavy atom. The molecule has 1 amide bonds. The maximum Gasteiger partial charge on any atom is 0.262 e. The van der Waals surface area contributed by atoms with Gasteiger partial charge in [-0.15, -0.1) is 0 Å². The molecule has 0 saturated heterocycles. The molecule has 2 aromatic carbocycles. The summed E-state index contributed by atoms with van der Waals surface area (Å²) in [5.74, 6) is 0.371. The van der Waals surface area contributed by atoms with E-state index in [0.29, 0.717) is 22.1 Å². The molecular formula is C18H21ClN2O2. The largest absolute Gasteiger partial charge is 0.484 e. The average molecular weight is 333 g/mol. The van der Waals surface area contributed by atoms with Gasteiger partial charge in [0.1, 0.15) is 5.75 Å². The van der Waals surface area contributed by atoms with Crippen molar-refractivity contribution in [2.45, 2.75) is 26.2 Å². The summed E-state index contributed by atoms with van der Waals surface area (Å²) in [5, 5.41) is 3.22. The Kier molecular flexibility index (Phi) is 5.16. The van der Waals surface area contributed by atoms with Crippen molar-refractivity contribution in [1.29, 1.82) is 0 Å². The molecule has 2 rings (SSSR count). The van der Waals surface area contributed by atoms with Gasteiger partial charge in [0, 0.05) is 5.02 Å². The molecule has 0 aliphatic rings. The van der Waals surface area contributed by atoms with E-state index in [1.165, 1.54) is 5.56 Å². The van der Waals surface area contributed by atoms with Crippen LogP contribution in [0.5, 0.6) is 5.75 Å². The van der Waals surface area contributed by atoms with Gasteiger partial charge in [-0.1, -0.05) is 44.5 Å². The van der Waals surface area contributed by atoms with Crippen molar-refractivity contribution in [1.82, 2.24) is 0 Å². The standard InChI is InChI=1S/C18H21ClN2O2/c1-18(2,3)12-4-7-14(8-5-12)23-11-17(22)21-16-9-6-13(19)10-15(16)20/h4-10H,11,20H2,1-3H3,(H,21,22). The zero-order chi connectivity index (χ0) is 17.0. The van der Waals surface area contributed by atoms with E-state index in [1.807, 2.05) is 24.3 Å². The fourth-order valence-electron chi connectivity index (χ4n) is 2.03. The topological polar surface area (TPSA) is 64.3 Å². The number of rotatable bonds is 4. The lowest BCUT2D eigenvalue weighted by Crippen LogP contribution is -2.20. The number of carbonyl (C=O) groups excluding carboxylic acids is 1. The van der Waals surface area contributed by atoms with Crippen molar-refractivity contribution in [3.8, 4) is 5.75 Å². The number of ether oxygens (including phenoxy) is 1. The van der Waals surface area contributed by atoms with Gasteiger partial charge in [0.25, 0.3) is 5.91 Å². The lowest BCUT2D eigenvalue weighted by Gasteiger charge is -2.19. The number of nitrogens with two attached hydrogens (primary N) is 1. The lowest BCUT2D eigenvalue weighted by atomic mass is 9.87. The molecule has 122 valence electrons. The van der Waals surface area contributed by atoms with Gasteiger partial charge in [0.05, 0.1) is 11.4 Å². The van der Waals surface area contributed by atoms with Crippen LogP contribution in [0.2, 0.25) is 5.02 Å². The van der Waals surface area contributed by atoms with Gasteiger partial charge >= 0.3 is 0 Å². The number of carbonyl (C=O) groups is 1. The number of nitrogens with one attached hydrogen (secondary N) is 1. The van der Waals surface area contributed by atoms with Gasteiger partial charge in [-0.2, -0.15) is 0 Å². The monoisotopic (exact) mass is 332 g/mol. The van der Waals surface area contributed by atoms with Crippen LogP contribution in [0, 0.1) is 0 Å². The first-order valence-corrected chi connectivity index (χ1v) is 7.72. The number of hydrogen-bond donors (Lipinski definition) is 2. The van der Waals surface area contributed by atoms with Crippen molar-refractivity contribution in [3.63, 3.8) is 0 Å². The average Bonchev–Trinajstić information content (AvgIpc) is 2.47. The van der Waals surface area contributed by atoms with E-state index < -0.39 is 0 Å². The van der Waals surface area contributed by atoms with Gasteiger partial charge in [0.2, 0.25) is 0 Å². The Bertz CT molecular complexity index is 691. The molecule has 0 fully saturated rings. The SMILES string of the molecule is CC(C)(C)c1ccc(OCC(=O)Nc2ccc(Cl)cc2N)cc1. The highest BCUT2D eigenvalue weighted by Gasteiger charge is 2.13. The number of hydrogen-bond acceptors (Lipinski definition) is 3. The highest BCUT2D eigenvalue weighted by molar-refractivity contribution is 6.31. The second-order valence-electron chi connectivity index (χ2n) is 6.34. The second kappa shape index (κ2) is 6.92. The molecule has 0 unspecified atom stereocenters. The summed E-state index contributed by atoms with van der Waals surface area (Å²) in [7, 11) is 0. The Hall–Kier alpha value is -2.20. The van der Waals surface area contributed by atoms with Crippen molar-refractivity contribution >= 4 is 28.9 Å². The third-order valence-corrected chi connectivity index (χ3v) is 3.61. The molecule has 23 heavy (non-hydrogen) atoms. The van der Waals surface area contributed by atoms with Crippen LogP contribution in [0.15, 0.2) is 42.5 Å². The molecule has 0 aliphatic carbocycles. The predicted octanol–water partition coefficient (Wildman–Crippen LogP) is 4.24. The van der Waals surface area contributed by atoms with Gasteiger partial charge in [0.15, 0.2) is 6.61 Å². The van der Waals surface area contributed by atoms with Crippen molar-refractivity contribution in [2.75, 3.05) is 17.7 Å². The van der Waals surface area contributed by atoms with Crippen LogP contribution in [0.3, 0.4) is 0 Å². The first kappa shape index (κ1) is 17.2. The minimum Gasteiger partial charge on any atom is -0.484 e. The van der Waals surface area contributed by atoms with Crippen LogP contribution in [0.25, 0.3) is 0 Å². The first-order chi connectivity index (χ1) is 10.8. The summed E-state index contributed by atoms with van der Waals surface area (Å²) in [5.41, 5.74) is 8.03. The summed E-state index contributed by atoms with van der Waals surface area (Å²) in [6.45, 7) is 6.35. The second-order valence-corrected chi connectivity index (χ2v) is 6.78. The summed E-state index contributed by atoms with van der Waals surface area (Å²) in [6.07, 6.45) is 0. The number of amides is 1. The van der Waals surface area contributed by atoms with Crippen LogP contribution in [0.1, 0.15) is 26.3 Å². The quantitative estimate of drug-likeness (QED) is 0.823. The smallest absolute Gasteiger partial charge is 0.262 e. The van der Waals surface area contributed by atoms with Crippen LogP contribution in [0.4, 0.5) is 11.4 Å². The number of nitrogen functional groups attached to an aromatic ring is 1. The van der Waals surface area contributed by atoms with Crippen molar-refractivity contribution in [2.24, 2.45) is 0 Å². The molecule has 2 aromatic rings. The Morgan fingerprint density at radius 3 is 2.39 bits per heavy atom. The molecular weight excluding hydrogens is 312 g/mol. The summed E-state index contributed by atoms with van der Waals surface area (Å²) in [6, 6.07) is 12.7. The summed E-state index contributed by atoms with van der Waals surface area (Å²) in [4.78, 5) is 11.9. The molecule has 0 heterocycles. The molecule has 5 heteroatoms. The Labute approximate surface area is 141 Å². The number of anilines is 2. The van der Waals surface area contributed by atoms with Crippen LogP contribution in [-0.4, -0.2) is 12.5 Å². The van der Waals surface area contributed by atoms with Gasteiger partial charge in [-0.25, -0.2) is 0 Å². The third-order valence-electron chi connectivity index (χ3n) is 3.38. The normalized spacial score (nSPS) is 11.1. The molecule has 0 saturated carbocycles. The number of halogens is 1. The summed E-state index contributed by atoms with van der Waals surface area (Å²) < 4.78 is 5.49. The van der Waals surface area contributed by atoms with Gasteiger partial charge < -0.3 is 15.8 Å². The molecule has 0 aliphatic heterocycles. The highest BCUT2D eigenvalue weighted by atomic mass is 35.5. The van der Waals surface area contributed by atoms with E-state index in [9.17, 15) is 4.79 Å². The molecule has 0 atom stereocenters. The molecule has 3 N–H and O–H groups in total. The lowest BCUT2D eigenvalue weighted by molar-refractivity contribution is -0.118. The molecule has 0 aromatic heterocycles. The van der Waals surface area contributed by atoms with Crippen molar-refractivity contribution < 1.29 is 9.53 Å². The minimum atomic E-state index is -0.279. The molecule has 0 bridgehead atoms. The fraction of sp³-hybridized carbons (Fsp3) is 0.278. The summed E-state index contributed by atoms with van der Waals surface area (Å²) >= 11 is 5.82. The highest BCUT2D eigenvalue weighted by Crippen LogP contribution is 2.25. The maximum atomic E-state index is 11.9. The molecule has 4 nitrogen and oxygen atoms in total. The van der Waals surface area contributed by atoms with E-state index in [1.54, 1.807) is 18.2 Å². The van der Waals surface area contributed by atoms with Crippen LogP contribution < -0.4 is 15.8 Å². The molecule has 0 radical (unpaired) electrons. The van der Waals surface area contributed by atoms with Crippen molar-refractivity contribution in [3.05, 3.63) is 53.1 Å². The predicted molar refractivity (Wildman–Crippen MR) is 95.1 cm³/mol. The zero-order valence-corrected chi connectivity index (χ0v) is 14.3. The number of benzene rings is 2. The minimum absolute atomic E-state index is 0.0853. The third kappa shape index (κ3) is 4.89. The molecule has 0 spiro atoms. The van der Waals surface area contributed by atoms with E-state index >= 15 is 0 Å². The van der Waals surface area contributed by atoms with Gasteiger partial charge in [-0.05, 0) is 41.3 Å². The van der Waals surface area contributed by atoms with E-state index in [2.05, 4.69) is 26.1 Å². The maximum absolute atomic E-state index is 11.9. The van der Waals surface area contributed by atoms with Crippen LogP contribution >= 0.6 is 11.6 Å².